The molecule has 1 aromatic carbocycles. The summed E-state index contributed by atoms with van der Waals surface area (Å²) >= 11 is 1.56. The van der Waals surface area contributed by atoms with Crippen molar-refractivity contribution in [1.82, 2.24) is 14.5 Å². The van der Waals surface area contributed by atoms with E-state index in [1.54, 1.807) is 18.0 Å². The molecule has 2 aromatic heterocycles. The fourth-order valence-electron chi connectivity index (χ4n) is 2.75. The number of aromatic nitrogens is 3. The van der Waals surface area contributed by atoms with Crippen LogP contribution in [-0.4, -0.2) is 29.2 Å². The Labute approximate surface area is 150 Å². The number of anilines is 1. The number of pyridine rings is 1. The number of imidazole rings is 1. The second kappa shape index (κ2) is 6.26. The maximum Gasteiger partial charge on any atom is 0.231 e. The number of rotatable bonds is 4. The summed E-state index contributed by atoms with van der Waals surface area (Å²) in [5, 5.41) is 0.826. The minimum Gasteiger partial charge on any atom is -0.454 e. The van der Waals surface area contributed by atoms with Gasteiger partial charge in [0.25, 0.3) is 0 Å². The van der Waals surface area contributed by atoms with Crippen molar-refractivity contribution >= 4 is 41.9 Å². The Balaban J connectivity index is 1.79. The Kier molecular flexibility index (Phi) is 3.94. The van der Waals surface area contributed by atoms with E-state index in [2.05, 4.69) is 15.5 Å². The van der Waals surface area contributed by atoms with E-state index in [4.69, 9.17) is 26.6 Å². The van der Waals surface area contributed by atoms with Crippen molar-refractivity contribution in [1.29, 1.82) is 0 Å². The summed E-state index contributed by atoms with van der Waals surface area (Å²) in [7, 11) is 2.04. The average molecular weight is 350 g/mol. The molecule has 0 radical (unpaired) electrons. The summed E-state index contributed by atoms with van der Waals surface area (Å²) < 4.78 is 13.0. The summed E-state index contributed by atoms with van der Waals surface area (Å²) in [4.78, 5) is 9.87. The molecule has 8 heteroatoms. The third kappa shape index (κ3) is 2.77. The molecule has 0 amide bonds. The zero-order valence-electron chi connectivity index (χ0n) is 13.7. The molecule has 0 saturated carbocycles. The molecule has 0 aliphatic carbocycles. The van der Waals surface area contributed by atoms with Crippen molar-refractivity contribution in [3.05, 3.63) is 24.4 Å². The van der Waals surface area contributed by atoms with Crippen molar-refractivity contribution in [2.75, 3.05) is 12.5 Å². The van der Waals surface area contributed by atoms with Crippen LogP contribution in [-0.2, 0) is 6.54 Å². The van der Waals surface area contributed by atoms with Gasteiger partial charge in [0.2, 0.25) is 6.79 Å². The molecule has 0 spiro atoms. The first-order valence-electron chi connectivity index (χ1n) is 7.79. The van der Waals surface area contributed by atoms with Gasteiger partial charge in [-0.2, -0.15) is 0 Å². The fraction of sp³-hybridized carbons (Fsp3) is 0.176. The predicted molar refractivity (Wildman–Crippen MR) is 100 cm³/mol. The van der Waals surface area contributed by atoms with Crippen LogP contribution in [0.1, 0.15) is 6.42 Å². The summed E-state index contributed by atoms with van der Waals surface area (Å²) in [5.41, 5.74) is 8.71. The Hall–Kier alpha value is -2.79. The number of nitrogens with two attached hydrogens (primary N) is 1. The minimum atomic E-state index is 0.256. The minimum absolute atomic E-state index is 0.256. The first kappa shape index (κ1) is 15.7. The number of terminal acetylenes is 1. The smallest absolute Gasteiger partial charge is 0.231 e. The number of nitrogens with zero attached hydrogens (tertiary/aromatic N) is 3. The topological polar surface area (TPSA) is 75.2 Å². The van der Waals surface area contributed by atoms with Gasteiger partial charge in [0.1, 0.15) is 13.4 Å². The molecule has 6 nitrogen and oxygen atoms in total. The van der Waals surface area contributed by atoms with Crippen molar-refractivity contribution in [2.45, 2.75) is 23.0 Å². The standard InChI is InChI=1S/C17H15BN4O2S/c1-2-3-6-22-11-4-5-20-16(19)15(11)21-17(22)25-14-8-13-12(7-10(14)18)23-9-24-13/h1,4-5,7-8H,3,6,9,18H2,(H2,19,20). The molecular formula is C17H15BN4O2S. The lowest BCUT2D eigenvalue weighted by Crippen LogP contribution is -2.07. The first-order valence-corrected chi connectivity index (χ1v) is 8.61. The summed E-state index contributed by atoms with van der Waals surface area (Å²) in [5.74, 6) is 4.62. The number of aryl methyl sites for hydroxylation is 1. The highest BCUT2D eigenvalue weighted by molar-refractivity contribution is 7.99. The molecule has 25 heavy (non-hydrogen) atoms. The third-order valence-corrected chi connectivity index (χ3v) is 5.17. The SMILES string of the molecule is Bc1cc2c(cc1Sc1nc3c(N)nccc3n1CCC#C)OCO2. The van der Waals surface area contributed by atoms with Crippen LogP contribution < -0.4 is 20.7 Å². The predicted octanol–water partition coefficient (Wildman–Crippen LogP) is 1.18. The van der Waals surface area contributed by atoms with E-state index < -0.39 is 0 Å². The lowest BCUT2D eigenvalue weighted by Gasteiger charge is -2.09. The highest BCUT2D eigenvalue weighted by atomic mass is 32.2. The first-order chi connectivity index (χ1) is 12.2. The Bertz CT molecular complexity index is 1010. The van der Waals surface area contributed by atoms with E-state index in [-0.39, 0.29) is 6.79 Å². The number of fused-ring (bicyclic) bond motifs is 2. The van der Waals surface area contributed by atoms with E-state index in [1.165, 1.54) is 0 Å². The molecule has 3 aromatic rings. The van der Waals surface area contributed by atoms with E-state index >= 15 is 0 Å². The van der Waals surface area contributed by atoms with Crippen LogP contribution in [0.5, 0.6) is 11.5 Å². The van der Waals surface area contributed by atoms with E-state index in [9.17, 15) is 0 Å². The van der Waals surface area contributed by atoms with Gasteiger partial charge in [0.15, 0.2) is 22.5 Å². The molecule has 4 rings (SSSR count). The van der Waals surface area contributed by atoms with Gasteiger partial charge in [-0.3, -0.25) is 0 Å². The quantitative estimate of drug-likeness (QED) is 0.563. The normalized spacial score (nSPS) is 12.4. The van der Waals surface area contributed by atoms with Gasteiger partial charge >= 0.3 is 0 Å². The molecule has 2 N–H and O–H groups in total. The molecule has 0 fully saturated rings. The van der Waals surface area contributed by atoms with Crippen LogP contribution in [0.15, 0.2) is 34.4 Å². The third-order valence-electron chi connectivity index (χ3n) is 4.01. The molecule has 0 atom stereocenters. The Morgan fingerprint density at radius 1 is 1.36 bits per heavy atom. The largest absolute Gasteiger partial charge is 0.454 e. The molecule has 1 aliphatic heterocycles. The number of hydrogen-bond acceptors (Lipinski definition) is 6. The van der Waals surface area contributed by atoms with Gasteiger partial charge in [-0.05, 0) is 18.2 Å². The number of benzene rings is 1. The zero-order chi connectivity index (χ0) is 17.4. The van der Waals surface area contributed by atoms with Crippen LogP contribution in [0.4, 0.5) is 5.82 Å². The van der Waals surface area contributed by atoms with E-state index in [0.717, 1.165) is 32.5 Å². The average Bonchev–Trinajstić information content (AvgIpc) is 3.18. The Morgan fingerprint density at radius 3 is 2.96 bits per heavy atom. The number of hydrogen-bond donors (Lipinski definition) is 1. The molecule has 0 bridgehead atoms. The lowest BCUT2D eigenvalue weighted by molar-refractivity contribution is 0.174. The highest BCUT2D eigenvalue weighted by Crippen LogP contribution is 2.37. The van der Waals surface area contributed by atoms with Crippen molar-refractivity contribution in [3.8, 4) is 23.8 Å². The number of nitrogen functional groups attached to an aromatic ring is 1. The molecule has 1 aliphatic rings. The highest BCUT2D eigenvalue weighted by Gasteiger charge is 2.19. The van der Waals surface area contributed by atoms with E-state index in [0.29, 0.717) is 24.3 Å². The monoisotopic (exact) mass is 350 g/mol. The molecule has 0 unspecified atom stereocenters. The van der Waals surface area contributed by atoms with Crippen molar-refractivity contribution in [2.24, 2.45) is 0 Å². The molecule has 0 saturated heterocycles. The van der Waals surface area contributed by atoms with Gasteiger partial charge in [-0.15, -0.1) is 12.3 Å². The molecule has 124 valence electrons. The lowest BCUT2D eigenvalue weighted by atomic mass is 9.96. The van der Waals surface area contributed by atoms with Gasteiger partial charge in [-0.1, -0.05) is 17.2 Å². The van der Waals surface area contributed by atoms with Crippen LogP contribution in [0.25, 0.3) is 11.0 Å². The second-order valence-corrected chi connectivity index (χ2v) is 6.65. The maximum absolute atomic E-state index is 5.99. The summed E-state index contributed by atoms with van der Waals surface area (Å²) in [6.45, 7) is 0.925. The fourth-order valence-corrected chi connectivity index (χ4v) is 3.77. The van der Waals surface area contributed by atoms with Gasteiger partial charge in [-0.25, -0.2) is 9.97 Å². The second-order valence-electron chi connectivity index (χ2n) is 5.64. The number of ether oxygens (including phenoxy) is 2. The van der Waals surface area contributed by atoms with Crippen LogP contribution in [0.3, 0.4) is 0 Å². The Morgan fingerprint density at radius 2 is 2.16 bits per heavy atom. The maximum atomic E-state index is 5.99. The van der Waals surface area contributed by atoms with Gasteiger partial charge in [0.05, 0.1) is 5.52 Å². The van der Waals surface area contributed by atoms with Crippen LogP contribution in [0.2, 0.25) is 0 Å². The molecule has 3 heterocycles. The zero-order valence-corrected chi connectivity index (χ0v) is 14.5. The van der Waals surface area contributed by atoms with Crippen molar-refractivity contribution in [3.63, 3.8) is 0 Å². The van der Waals surface area contributed by atoms with Crippen LogP contribution in [0, 0.1) is 12.3 Å². The van der Waals surface area contributed by atoms with Gasteiger partial charge in [0, 0.05) is 24.1 Å². The van der Waals surface area contributed by atoms with Crippen molar-refractivity contribution < 1.29 is 9.47 Å². The van der Waals surface area contributed by atoms with E-state index in [1.807, 2.05) is 26.0 Å². The molecular weight excluding hydrogens is 335 g/mol. The van der Waals surface area contributed by atoms with Gasteiger partial charge < -0.3 is 19.8 Å². The van der Waals surface area contributed by atoms with Crippen LogP contribution >= 0.6 is 11.8 Å². The summed E-state index contributed by atoms with van der Waals surface area (Å²) in [6.07, 6.45) is 7.75. The summed E-state index contributed by atoms with van der Waals surface area (Å²) in [6, 6.07) is 5.87.